The van der Waals surface area contributed by atoms with Crippen LogP contribution in [0.15, 0.2) is 0 Å². The van der Waals surface area contributed by atoms with Crippen LogP contribution in [0.25, 0.3) is 0 Å². The fourth-order valence-corrected chi connectivity index (χ4v) is 2.98. The van der Waals surface area contributed by atoms with Crippen molar-refractivity contribution in [2.45, 2.75) is 90.8 Å². The van der Waals surface area contributed by atoms with Crippen LogP contribution in [-0.2, 0) is 14.3 Å². The molecule has 3 nitrogen and oxygen atoms in total. The highest BCUT2D eigenvalue weighted by molar-refractivity contribution is 5.68. The van der Waals surface area contributed by atoms with Crippen LogP contribution >= 0.6 is 0 Å². The van der Waals surface area contributed by atoms with E-state index >= 15 is 0 Å². The van der Waals surface area contributed by atoms with Gasteiger partial charge in [0.15, 0.2) is 0 Å². The summed E-state index contributed by atoms with van der Waals surface area (Å²) in [7, 11) is 0. The van der Waals surface area contributed by atoms with Crippen molar-refractivity contribution in [2.75, 3.05) is 6.61 Å². The van der Waals surface area contributed by atoms with Crippen molar-refractivity contribution in [3.8, 4) is 0 Å². The quantitative estimate of drug-likeness (QED) is 0.616. The van der Waals surface area contributed by atoms with Gasteiger partial charge in [-0.1, -0.05) is 39.5 Å². The van der Waals surface area contributed by atoms with Gasteiger partial charge in [0.25, 0.3) is 0 Å². The van der Waals surface area contributed by atoms with Crippen LogP contribution in [0.5, 0.6) is 0 Å². The molecule has 1 aliphatic rings. The zero-order chi connectivity index (χ0) is 15.0. The second-order valence-corrected chi connectivity index (χ2v) is 6.62. The highest BCUT2D eigenvalue weighted by atomic mass is 16.6. The second kappa shape index (κ2) is 8.66. The van der Waals surface area contributed by atoms with E-state index in [2.05, 4.69) is 6.92 Å². The van der Waals surface area contributed by atoms with E-state index in [1.807, 2.05) is 20.8 Å². The number of rotatable bonds is 8. The maximum atomic E-state index is 11.3. The van der Waals surface area contributed by atoms with Crippen molar-refractivity contribution in [2.24, 2.45) is 5.92 Å². The van der Waals surface area contributed by atoms with Crippen LogP contribution in [0.3, 0.4) is 0 Å². The van der Waals surface area contributed by atoms with Gasteiger partial charge in [0.2, 0.25) is 0 Å². The highest BCUT2D eigenvalue weighted by Crippen LogP contribution is 2.32. The van der Waals surface area contributed by atoms with Gasteiger partial charge in [0.05, 0.1) is 11.7 Å². The summed E-state index contributed by atoms with van der Waals surface area (Å²) in [5.74, 6) is 0.538. The summed E-state index contributed by atoms with van der Waals surface area (Å²) in [6.07, 6.45) is 9.60. The summed E-state index contributed by atoms with van der Waals surface area (Å²) in [6, 6.07) is 0. The van der Waals surface area contributed by atoms with Gasteiger partial charge >= 0.3 is 5.97 Å². The Morgan fingerprint density at radius 2 is 1.85 bits per heavy atom. The molecule has 1 atom stereocenters. The van der Waals surface area contributed by atoms with Crippen molar-refractivity contribution < 1.29 is 14.3 Å². The minimum Gasteiger partial charge on any atom is -0.463 e. The van der Waals surface area contributed by atoms with E-state index in [0.717, 1.165) is 12.8 Å². The maximum absolute atomic E-state index is 11.3. The van der Waals surface area contributed by atoms with Crippen molar-refractivity contribution in [3.05, 3.63) is 0 Å². The van der Waals surface area contributed by atoms with Crippen LogP contribution in [0.4, 0.5) is 0 Å². The molecule has 0 aromatic carbocycles. The molecule has 0 heterocycles. The molecule has 0 aromatic heterocycles. The van der Waals surface area contributed by atoms with Gasteiger partial charge in [-0.05, 0) is 39.0 Å². The average molecular weight is 284 g/mol. The molecule has 118 valence electrons. The summed E-state index contributed by atoms with van der Waals surface area (Å²) in [5, 5.41) is 0. The summed E-state index contributed by atoms with van der Waals surface area (Å²) in [5.41, 5.74) is -0.387. The van der Waals surface area contributed by atoms with Crippen LogP contribution < -0.4 is 0 Å². The van der Waals surface area contributed by atoms with E-state index in [-0.39, 0.29) is 11.6 Å². The highest BCUT2D eigenvalue weighted by Gasteiger charge is 2.30. The zero-order valence-corrected chi connectivity index (χ0v) is 13.7. The first-order chi connectivity index (χ1) is 9.48. The Balaban J connectivity index is 2.51. The normalized spacial score (nSPS) is 18.8. The number of esters is 1. The van der Waals surface area contributed by atoms with Gasteiger partial charge in [-0.2, -0.15) is 0 Å². The summed E-state index contributed by atoms with van der Waals surface area (Å²) < 4.78 is 11.6. The molecule has 0 aromatic rings. The molecule has 0 N–H and O–H groups in total. The zero-order valence-electron chi connectivity index (χ0n) is 13.7. The lowest BCUT2D eigenvalue weighted by Gasteiger charge is -2.36. The van der Waals surface area contributed by atoms with Crippen molar-refractivity contribution in [3.63, 3.8) is 0 Å². The minimum atomic E-state index is -0.387. The van der Waals surface area contributed by atoms with Crippen LogP contribution in [0.2, 0.25) is 0 Å². The van der Waals surface area contributed by atoms with Crippen molar-refractivity contribution >= 4 is 5.97 Å². The molecular weight excluding hydrogens is 252 g/mol. The Bertz CT molecular complexity index is 280. The smallest absolute Gasteiger partial charge is 0.305 e. The van der Waals surface area contributed by atoms with Gasteiger partial charge in [-0.25, -0.2) is 0 Å². The van der Waals surface area contributed by atoms with E-state index in [1.54, 1.807) is 0 Å². The summed E-state index contributed by atoms with van der Waals surface area (Å²) >= 11 is 0. The van der Waals surface area contributed by atoms with Gasteiger partial charge in [-0.3, -0.25) is 4.79 Å². The third-order valence-electron chi connectivity index (χ3n) is 4.09. The fourth-order valence-electron chi connectivity index (χ4n) is 2.98. The van der Waals surface area contributed by atoms with Gasteiger partial charge in [0.1, 0.15) is 6.61 Å². The summed E-state index contributed by atoms with van der Waals surface area (Å²) in [6.45, 7) is 8.44. The van der Waals surface area contributed by atoms with Crippen molar-refractivity contribution in [1.82, 2.24) is 0 Å². The number of hydrogen-bond donors (Lipinski definition) is 0. The molecule has 0 aliphatic heterocycles. The first-order valence-electron chi connectivity index (χ1n) is 8.32. The second-order valence-electron chi connectivity index (χ2n) is 6.62. The predicted molar refractivity (Wildman–Crippen MR) is 81.7 cm³/mol. The van der Waals surface area contributed by atoms with E-state index in [4.69, 9.17) is 9.47 Å². The minimum absolute atomic E-state index is 0.147. The fraction of sp³-hybridized carbons (Fsp3) is 0.941. The SMILES string of the molecule is CCCC(OC(C)(C)COC(=O)CC)C1CCCCC1. The van der Waals surface area contributed by atoms with Crippen LogP contribution in [0, 0.1) is 5.92 Å². The van der Waals surface area contributed by atoms with Gasteiger partial charge in [0, 0.05) is 6.42 Å². The molecule has 0 radical (unpaired) electrons. The average Bonchev–Trinajstić information content (AvgIpc) is 2.45. The Labute approximate surface area is 124 Å². The third-order valence-corrected chi connectivity index (χ3v) is 4.09. The van der Waals surface area contributed by atoms with Gasteiger partial charge in [-0.15, -0.1) is 0 Å². The molecule has 0 amide bonds. The molecule has 1 fully saturated rings. The molecule has 1 unspecified atom stereocenters. The molecular formula is C17H32O3. The maximum Gasteiger partial charge on any atom is 0.305 e. The molecule has 0 spiro atoms. The lowest BCUT2D eigenvalue weighted by molar-refractivity contribution is -0.163. The lowest BCUT2D eigenvalue weighted by atomic mass is 9.83. The molecule has 20 heavy (non-hydrogen) atoms. The van der Waals surface area contributed by atoms with E-state index in [9.17, 15) is 4.79 Å². The first-order valence-corrected chi connectivity index (χ1v) is 8.32. The Morgan fingerprint density at radius 1 is 1.20 bits per heavy atom. The number of hydrogen-bond acceptors (Lipinski definition) is 3. The summed E-state index contributed by atoms with van der Waals surface area (Å²) in [4.78, 5) is 11.3. The lowest BCUT2D eigenvalue weighted by Crippen LogP contribution is -2.39. The number of carbonyl (C=O) groups excluding carboxylic acids is 1. The number of ether oxygens (including phenoxy) is 2. The molecule has 1 aliphatic carbocycles. The standard InChI is InChI=1S/C17H32O3/c1-5-10-15(14-11-8-7-9-12-14)20-17(3,4)13-19-16(18)6-2/h14-15H,5-13H2,1-4H3. The van der Waals surface area contributed by atoms with Gasteiger partial charge < -0.3 is 9.47 Å². The van der Waals surface area contributed by atoms with Crippen LogP contribution in [-0.4, -0.2) is 24.3 Å². The topological polar surface area (TPSA) is 35.5 Å². The van der Waals surface area contributed by atoms with Crippen LogP contribution in [0.1, 0.15) is 79.1 Å². The molecule has 1 rings (SSSR count). The van der Waals surface area contributed by atoms with Crippen molar-refractivity contribution in [1.29, 1.82) is 0 Å². The van der Waals surface area contributed by atoms with E-state index in [0.29, 0.717) is 25.0 Å². The Morgan fingerprint density at radius 3 is 2.40 bits per heavy atom. The van der Waals surface area contributed by atoms with E-state index < -0.39 is 0 Å². The molecule has 1 saturated carbocycles. The largest absolute Gasteiger partial charge is 0.463 e. The predicted octanol–water partition coefficient (Wildman–Crippen LogP) is 4.48. The molecule has 0 saturated heterocycles. The molecule has 3 heteroatoms. The first kappa shape index (κ1) is 17.5. The Kier molecular flexibility index (Phi) is 7.57. The Hall–Kier alpha value is -0.570. The molecule has 0 bridgehead atoms. The van der Waals surface area contributed by atoms with E-state index in [1.165, 1.54) is 32.1 Å². The monoisotopic (exact) mass is 284 g/mol. The third kappa shape index (κ3) is 6.25. The number of carbonyl (C=O) groups is 1.